The Morgan fingerprint density at radius 3 is 2.33 bits per heavy atom. The molecule has 4 N–H and O–H groups in total. The Morgan fingerprint density at radius 2 is 1.70 bits per heavy atom. The molecule has 1 aliphatic heterocycles. The van der Waals surface area contributed by atoms with Gasteiger partial charge in [-0.3, -0.25) is 9.59 Å². The minimum absolute atomic E-state index is 0.0109. The van der Waals surface area contributed by atoms with Crippen molar-refractivity contribution < 1.29 is 49.0 Å². The molecule has 0 aromatic heterocycles. The Hall–Kier alpha value is -1.56. The van der Waals surface area contributed by atoms with Crippen LogP contribution >= 0.6 is 0 Å². The Kier molecular flexibility index (Phi) is 9.11. The maximum absolute atomic E-state index is 11.9. The van der Waals surface area contributed by atoms with Crippen molar-refractivity contribution in [3.05, 3.63) is 11.6 Å². The van der Waals surface area contributed by atoms with Gasteiger partial charge in [0.15, 0.2) is 6.29 Å². The molecule has 2 saturated carbocycles. The number of fused-ring (bicyclic) bond motifs is 3. The lowest BCUT2D eigenvalue weighted by Crippen LogP contribution is -2.62. The van der Waals surface area contributed by atoms with Crippen LogP contribution in [0.1, 0.15) is 80.1 Å². The molecular weight excluding hydrogens is 520 g/mol. The standard InChI is InChI=1S/C30H48O10/c1-16(32)37-15-23(38-17(2)33)29(5)11-9-19-18(13-29)7-8-21-28(3,4)22(10-12-30(19,21)6)40-27-26(36)25(35)24(34)20(14-31)39-27/h13,19-27,31,34-36H,7-12,14-15H2,1-6H3/t19-,20-,21-,22-,23+,24-,25+,26-,27+,29+,30+/m1/s1. The Labute approximate surface area is 237 Å². The normalized spacial score (nSPS) is 43.5. The van der Waals surface area contributed by atoms with E-state index in [1.54, 1.807) is 0 Å². The lowest BCUT2D eigenvalue weighted by atomic mass is 9.45. The largest absolute Gasteiger partial charge is 0.462 e. The predicted octanol–water partition coefficient (Wildman–Crippen LogP) is 2.25. The molecule has 0 unspecified atom stereocenters. The summed E-state index contributed by atoms with van der Waals surface area (Å²) in [6.45, 7) is 11.1. The maximum Gasteiger partial charge on any atom is 0.303 e. The molecule has 0 spiro atoms. The quantitative estimate of drug-likeness (QED) is 0.204. The van der Waals surface area contributed by atoms with Gasteiger partial charge in [0.05, 0.1) is 12.7 Å². The molecule has 3 aliphatic carbocycles. The summed E-state index contributed by atoms with van der Waals surface area (Å²) in [5.41, 5.74) is 0.677. The van der Waals surface area contributed by atoms with Gasteiger partial charge in [0.1, 0.15) is 37.1 Å². The number of aliphatic hydroxyl groups is 4. The first kappa shape index (κ1) is 31.4. The number of allylic oxidation sites excluding steroid dienone is 1. The number of carbonyl (C=O) groups is 2. The fraction of sp³-hybridized carbons (Fsp3) is 0.867. The van der Waals surface area contributed by atoms with Gasteiger partial charge in [0.25, 0.3) is 0 Å². The zero-order chi connectivity index (χ0) is 29.6. The highest BCUT2D eigenvalue weighted by Gasteiger charge is 2.59. The van der Waals surface area contributed by atoms with Crippen LogP contribution in [0.5, 0.6) is 0 Å². The third-order valence-electron chi connectivity index (χ3n) is 10.5. The summed E-state index contributed by atoms with van der Waals surface area (Å²) in [4.78, 5) is 23.4. The number of hydrogen-bond donors (Lipinski definition) is 4. The van der Waals surface area contributed by atoms with Crippen molar-refractivity contribution in [3.63, 3.8) is 0 Å². The van der Waals surface area contributed by atoms with Crippen LogP contribution in [0, 0.1) is 28.1 Å². The van der Waals surface area contributed by atoms with Crippen LogP contribution in [0.15, 0.2) is 11.6 Å². The summed E-state index contributed by atoms with van der Waals surface area (Å²) >= 11 is 0. The molecule has 228 valence electrons. The van der Waals surface area contributed by atoms with Crippen LogP contribution in [0.2, 0.25) is 0 Å². The van der Waals surface area contributed by atoms with Gasteiger partial charge in [-0.05, 0) is 61.2 Å². The van der Waals surface area contributed by atoms with Crippen LogP contribution in [0.25, 0.3) is 0 Å². The van der Waals surface area contributed by atoms with E-state index in [1.165, 1.54) is 19.4 Å². The zero-order valence-corrected chi connectivity index (χ0v) is 24.7. The van der Waals surface area contributed by atoms with Crippen molar-refractivity contribution in [3.8, 4) is 0 Å². The third kappa shape index (κ3) is 5.72. The highest BCUT2D eigenvalue weighted by molar-refractivity contribution is 5.67. The van der Waals surface area contributed by atoms with Gasteiger partial charge in [-0.1, -0.05) is 39.3 Å². The smallest absolute Gasteiger partial charge is 0.303 e. The second kappa shape index (κ2) is 11.6. The van der Waals surface area contributed by atoms with E-state index < -0.39 is 60.8 Å². The number of ether oxygens (including phenoxy) is 4. The molecule has 10 heteroatoms. The van der Waals surface area contributed by atoms with E-state index in [9.17, 15) is 30.0 Å². The molecule has 1 saturated heterocycles. The van der Waals surface area contributed by atoms with Gasteiger partial charge in [0, 0.05) is 19.3 Å². The molecule has 1 heterocycles. The Bertz CT molecular complexity index is 978. The van der Waals surface area contributed by atoms with Crippen LogP contribution in [-0.2, 0) is 28.5 Å². The summed E-state index contributed by atoms with van der Waals surface area (Å²) in [5, 5.41) is 40.5. The van der Waals surface area contributed by atoms with Gasteiger partial charge in [-0.2, -0.15) is 0 Å². The Morgan fingerprint density at radius 1 is 1.00 bits per heavy atom. The topological polar surface area (TPSA) is 152 Å². The summed E-state index contributed by atoms with van der Waals surface area (Å²) < 4.78 is 22.9. The minimum Gasteiger partial charge on any atom is -0.462 e. The minimum atomic E-state index is -1.47. The summed E-state index contributed by atoms with van der Waals surface area (Å²) in [5.74, 6) is -0.118. The van der Waals surface area contributed by atoms with Crippen LogP contribution in [0.3, 0.4) is 0 Å². The van der Waals surface area contributed by atoms with Crippen LogP contribution < -0.4 is 0 Å². The van der Waals surface area contributed by atoms with E-state index in [1.807, 2.05) is 0 Å². The molecule has 0 aromatic carbocycles. The number of rotatable bonds is 7. The molecule has 10 nitrogen and oxygen atoms in total. The zero-order valence-electron chi connectivity index (χ0n) is 24.7. The van der Waals surface area contributed by atoms with E-state index in [-0.39, 0.29) is 23.5 Å². The maximum atomic E-state index is 11.9. The predicted molar refractivity (Wildman–Crippen MR) is 144 cm³/mol. The van der Waals surface area contributed by atoms with Crippen molar-refractivity contribution in [2.24, 2.45) is 28.1 Å². The average molecular weight is 569 g/mol. The summed E-state index contributed by atoms with van der Waals surface area (Å²) in [7, 11) is 0. The fourth-order valence-corrected chi connectivity index (χ4v) is 8.32. The van der Waals surface area contributed by atoms with E-state index >= 15 is 0 Å². The molecular formula is C30H48O10. The average Bonchev–Trinajstić information content (AvgIpc) is 2.87. The van der Waals surface area contributed by atoms with Crippen LogP contribution in [-0.4, -0.2) is 88.5 Å². The molecule has 0 bridgehead atoms. The number of carbonyl (C=O) groups excluding carboxylic acids is 2. The number of aliphatic hydroxyl groups excluding tert-OH is 4. The first-order chi connectivity index (χ1) is 18.6. The molecule has 0 radical (unpaired) electrons. The van der Waals surface area contributed by atoms with Crippen molar-refractivity contribution in [2.75, 3.05) is 13.2 Å². The van der Waals surface area contributed by atoms with Gasteiger partial charge in [-0.25, -0.2) is 0 Å². The monoisotopic (exact) mass is 568 g/mol. The SMILES string of the molecule is CC(=O)OC[C@H](OC(C)=O)[C@]1(C)C=C2CC[C@@H]3C(C)(C)[C@H](O[C@@H]4O[C@H](CO)[C@@H](O)[C@H](O)[C@H]4O)CC[C@@]3(C)[C@@H]2CC1. The van der Waals surface area contributed by atoms with Crippen molar-refractivity contribution in [1.82, 2.24) is 0 Å². The molecule has 0 amide bonds. The molecule has 4 aliphatic rings. The summed E-state index contributed by atoms with van der Waals surface area (Å²) in [6.07, 6.45) is 0.243. The molecule has 0 aromatic rings. The third-order valence-corrected chi connectivity index (χ3v) is 10.5. The van der Waals surface area contributed by atoms with Gasteiger partial charge in [0.2, 0.25) is 0 Å². The molecule has 3 fully saturated rings. The highest BCUT2D eigenvalue weighted by Crippen LogP contribution is 2.64. The van der Waals surface area contributed by atoms with E-state index in [4.69, 9.17) is 18.9 Å². The van der Waals surface area contributed by atoms with E-state index in [2.05, 4.69) is 33.8 Å². The second-order valence-electron chi connectivity index (χ2n) is 13.5. The lowest BCUT2D eigenvalue weighted by molar-refractivity contribution is -0.327. The first-order valence-corrected chi connectivity index (χ1v) is 14.6. The lowest BCUT2D eigenvalue weighted by Gasteiger charge is -2.62. The first-order valence-electron chi connectivity index (χ1n) is 14.6. The molecule has 4 rings (SSSR count). The highest BCUT2D eigenvalue weighted by atomic mass is 16.7. The van der Waals surface area contributed by atoms with Crippen molar-refractivity contribution >= 4 is 11.9 Å². The molecule has 11 atom stereocenters. The van der Waals surface area contributed by atoms with E-state index in [0.29, 0.717) is 11.8 Å². The second-order valence-corrected chi connectivity index (χ2v) is 13.5. The number of hydrogen-bond acceptors (Lipinski definition) is 10. The van der Waals surface area contributed by atoms with Crippen molar-refractivity contribution in [2.45, 2.75) is 123 Å². The van der Waals surface area contributed by atoms with Crippen LogP contribution in [0.4, 0.5) is 0 Å². The van der Waals surface area contributed by atoms with Gasteiger partial charge < -0.3 is 39.4 Å². The van der Waals surface area contributed by atoms with Gasteiger partial charge >= 0.3 is 11.9 Å². The Balaban J connectivity index is 1.52. The molecule has 40 heavy (non-hydrogen) atoms. The van der Waals surface area contributed by atoms with Crippen molar-refractivity contribution in [1.29, 1.82) is 0 Å². The number of esters is 2. The van der Waals surface area contributed by atoms with Gasteiger partial charge in [-0.15, -0.1) is 0 Å². The van der Waals surface area contributed by atoms with E-state index in [0.717, 1.165) is 38.5 Å². The fourth-order valence-electron chi connectivity index (χ4n) is 8.32. The summed E-state index contributed by atoms with van der Waals surface area (Å²) in [6, 6.07) is 0.